The molecule has 0 bridgehead atoms. The maximum atomic E-state index is 12.2. The fourth-order valence-electron chi connectivity index (χ4n) is 0.956. The maximum Gasteiger partial charge on any atom is 0.322 e. The number of carbonyl (C=O) groups is 1. The number of hydrogen-bond donors (Lipinski definition) is 2. The fraction of sp³-hybridized carbons (Fsp3) is 0.222. The number of nitrogens with one attached hydrogen (secondary N) is 1. The van der Waals surface area contributed by atoms with Crippen molar-refractivity contribution in [3.05, 3.63) is 28.8 Å². The van der Waals surface area contributed by atoms with Crippen LogP contribution in [0.3, 0.4) is 0 Å². The Morgan fingerprint density at radius 3 is 2.79 bits per heavy atom. The van der Waals surface area contributed by atoms with Gasteiger partial charge >= 0.3 is 5.97 Å². The smallest absolute Gasteiger partial charge is 0.322 e. The Morgan fingerprint density at radius 1 is 1.57 bits per heavy atom. The van der Waals surface area contributed by atoms with Crippen LogP contribution >= 0.6 is 11.6 Å². The molecule has 5 heteroatoms. The average molecular weight is 218 g/mol. The van der Waals surface area contributed by atoms with Crippen molar-refractivity contribution in [3.63, 3.8) is 0 Å². The summed E-state index contributed by atoms with van der Waals surface area (Å²) in [5.74, 6) is -0.976. The number of alkyl halides is 1. The Hall–Kier alpha value is -1.29. The number of hydrogen-bond acceptors (Lipinski definition) is 2. The average Bonchev–Trinajstić information content (AvgIpc) is 2.15. The van der Waals surface area contributed by atoms with E-state index in [9.17, 15) is 9.18 Å². The lowest BCUT2D eigenvalue weighted by molar-refractivity contribution is -0.134. The molecule has 1 aromatic carbocycles. The first-order valence-electron chi connectivity index (χ1n) is 3.93. The summed E-state index contributed by atoms with van der Waals surface area (Å²) in [7, 11) is 0. The van der Waals surface area contributed by atoms with Gasteiger partial charge in [0.15, 0.2) is 0 Å². The molecule has 0 aromatic heterocycles. The number of rotatable bonds is 4. The lowest BCUT2D eigenvalue weighted by Crippen LogP contribution is -2.12. The molecule has 0 aliphatic carbocycles. The predicted molar refractivity (Wildman–Crippen MR) is 52.4 cm³/mol. The summed E-state index contributed by atoms with van der Waals surface area (Å²) in [6.07, 6.45) is 0. The van der Waals surface area contributed by atoms with Gasteiger partial charge in [-0.15, -0.1) is 0 Å². The minimum absolute atomic E-state index is 0.214. The first-order valence-corrected chi connectivity index (χ1v) is 4.31. The quantitative estimate of drug-likeness (QED) is 0.814. The van der Waals surface area contributed by atoms with Crippen molar-refractivity contribution < 1.29 is 14.3 Å². The molecule has 0 aliphatic rings. The summed E-state index contributed by atoms with van der Waals surface area (Å²) in [6.45, 7) is -0.798. The van der Waals surface area contributed by atoms with Crippen LogP contribution in [0, 0.1) is 0 Å². The maximum absolute atomic E-state index is 12.2. The lowest BCUT2D eigenvalue weighted by Gasteiger charge is -2.06. The van der Waals surface area contributed by atoms with Gasteiger partial charge in [-0.3, -0.25) is 4.79 Å². The molecule has 76 valence electrons. The van der Waals surface area contributed by atoms with E-state index in [0.717, 1.165) is 0 Å². The largest absolute Gasteiger partial charge is 0.480 e. The van der Waals surface area contributed by atoms with Gasteiger partial charge < -0.3 is 10.4 Å². The predicted octanol–water partition coefficient (Wildman–Crippen LogP) is 2.31. The van der Waals surface area contributed by atoms with E-state index >= 15 is 0 Å². The van der Waals surface area contributed by atoms with Crippen LogP contribution < -0.4 is 5.32 Å². The van der Waals surface area contributed by atoms with E-state index in [1.165, 1.54) is 6.07 Å². The SMILES string of the molecule is O=C(O)CNc1ccc(CF)cc1Cl. The normalized spacial score (nSPS) is 9.86. The highest BCUT2D eigenvalue weighted by Gasteiger charge is 2.03. The van der Waals surface area contributed by atoms with Crippen molar-refractivity contribution in [2.75, 3.05) is 11.9 Å². The van der Waals surface area contributed by atoms with Crippen LogP contribution in [0.1, 0.15) is 5.56 Å². The highest BCUT2D eigenvalue weighted by molar-refractivity contribution is 6.33. The zero-order valence-corrected chi connectivity index (χ0v) is 8.01. The van der Waals surface area contributed by atoms with Crippen LogP contribution in [-0.4, -0.2) is 17.6 Å². The third-order valence-corrected chi connectivity index (χ3v) is 1.93. The van der Waals surface area contributed by atoms with Crippen molar-refractivity contribution in [3.8, 4) is 0 Å². The van der Waals surface area contributed by atoms with Gasteiger partial charge in [0.25, 0.3) is 0 Å². The van der Waals surface area contributed by atoms with Gasteiger partial charge in [-0.25, -0.2) is 4.39 Å². The molecule has 0 radical (unpaired) electrons. The van der Waals surface area contributed by atoms with Crippen LogP contribution in [0.5, 0.6) is 0 Å². The Morgan fingerprint density at radius 2 is 2.29 bits per heavy atom. The van der Waals surface area contributed by atoms with Gasteiger partial charge in [0.05, 0.1) is 10.7 Å². The molecule has 0 atom stereocenters. The van der Waals surface area contributed by atoms with Crippen LogP contribution in [0.25, 0.3) is 0 Å². The number of halogens is 2. The molecule has 0 saturated heterocycles. The standard InChI is InChI=1S/C9H9ClFNO2/c10-7-3-6(4-11)1-2-8(7)12-5-9(13)14/h1-3,12H,4-5H2,(H,13,14). The molecule has 1 aromatic rings. The summed E-state index contributed by atoms with van der Waals surface area (Å²) in [4.78, 5) is 10.2. The van der Waals surface area contributed by atoms with Crippen LogP contribution in [-0.2, 0) is 11.5 Å². The molecule has 2 N–H and O–H groups in total. The zero-order valence-electron chi connectivity index (χ0n) is 7.26. The molecule has 0 amide bonds. The molecule has 0 unspecified atom stereocenters. The third kappa shape index (κ3) is 2.88. The summed E-state index contributed by atoms with van der Waals surface area (Å²) < 4.78 is 12.2. The summed E-state index contributed by atoms with van der Waals surface area (Å²) in [5, 5.41) is 11.3. The summed E-state index contributed by atoms with van der Waals surface area (Å²) >= 11 is 5.77. The van der Waals surface area contributed by atoms with Gasteiger partial charge in [0.2, 0.25) is 0 Å². The Balaban J connectivity index is 2.73. The first kappa shape index (κ1) is 10.8. The van der Waals surface area contributed by atoms with Gasteiger partial charge in [-0.2, -0.15) is 0 Å². The molecule has 1 rings (SSSR count). The van der Waals surface area contributed by atoms with E-state index in [-0.39, 0.29) is 6.54 Å². The van der Waals surface area contributed by atoms with Gasteiger partial charge in [0, 0.05) is 0 Å². The highest BCUT2D eigenvalue weighted by Crippen LogP contribution is 2.23. The molecular formula is C9H9ClFNO2. The molecule has 0 spiro atoms. The van der Waals surface area contributed by atoms with Gasteiger partial charge in [-0.05, 0) is 17.7 Å². The highest BCUT2D eigenvalue weighted by atomic mass is 35.5. The van der Waals surface area contributed by atoms with E-state index in [1.54, 1.807) is 12.1 Å². The van der Waals surface area contributed by atoms with E-state index in [4.69, 9.17) is 16.7 Å². The van der Waals surface area contributed by atoms with E-state index in [2.05, 4.69) is 5.32 Å². The van der Waals surface area contributed by atoms with Crippen molar-refractivity contribution >= 4 is 23.3 Å². The van der Waals surface area contributed by atoms with E-state index in [0.29, 0.717) is 16.3 Å². The second-order valence-electron chi connectivity index (χ2n) is 2.70. The zero-order chi connectivity index (χ0) is 10.6. The number of anilines is 1. The molecule has 0 fully saturated rings. The summed E-state index contributed by atoms with van der Waals surface area (Å²) in [6, 6.07) is 4.57. The Labute approximate surface area is 85.5 Å². The second kappa shape index (κ2) is 4.81. The van der Waals surface area contributed by atoms with Crippen LogP contribution in [0.4, 0.5) is 10.1 Å². The van der Waals surface area contributed by atoms with Crippen LogP contribution in [0.15, 0.2) is 18.2 Å². The first-order chi connectivity index (χ1) is 6.63. The monoisotopic (exact) mass is 217 g/mol. The van der Waals surface area contributed by atoms with E-state index in [1.807, 2.05) is 0 Å². The number of benzene rings is 1. The van der Waals surface area contributed by atoms with Gasteiger partial charge in [-0.1, -0.05) is 17.7 Å². The van der Waals surface area contributed by atoms with Crippen LogP contribution in [0.2, 0.25) is 5.02 Å². The molecule has 14 heavy (non-hydrogen) atoms. The van der Waals surface area contributed by atoms with Crippen molar-refractivity contribution in [1.29, 1.82) is 0 Å². The van der Waals surface area contributed by atoms with Crippen molar-refractivity contribution in [2.45, 2.75) is 6.67 Å². The van der Waals surface area contributed by atoms with Gasteiger partial charge in [0.1, 0.15) is 13.2 Å². The minimum Gasteiger partial charge on any atom is -0.480 e. The summed E-state index contributed by atoms with van der Waals surface area (Å²) in [5.41, 5.74) is 0.960. The number of carboxylic acid groups (broad SMARTS) is 1. The fourth-order valence-corrected chi connectivity index (χ4v) is 1.23. The lowest BCUT2D eigenvalue weighted by atomic mass is 10.2. The molecule has 0 heterocycles. The molecule has 3 nitrogen and oxygen atoms in total. The second-order valence-corrected chi connectivity index (χ2v) is 3.10. The Kier molecular flexibility index (Phi) is 3.71. The van der Waals surface area contributed by atoms with Crippen molar-refractivity contribution in [1.82, 2.24) is 0 Å². The van der Waals surface area contributed by atoms with E-state index < -0.39 is 12.6 Å². The van der Waals surface area contributed by atoms with Crippen molar-refractivity contribution in [2.24, 2.45) is 0 Å². The Bertz CT molecular complexity index is 344. The third-order valence-electron chi connectivity index (χ3n) is 1.62. The topological polar surface area (TPSA) is 49.3 Å². The molecular weight excluding hydrogens is 209 g/mol. The molecule has 0 aliphatic heterocycles. The molecule has 0 saturated carbocycles. The number of aliphatic carboxylic acids is 1. The minimum atomic E-state index is -0.976. The number of carboxylic acids is 1.